The summed E-state index contributed by atoms with van der Waals surface area (Å²) in [6, 6.07) is 18.7. The molecule has 3 aromatic rings. The third kappa shape index (κ3) is 5.00. The molecule has 1 aromatic heterocycles. The first kappa shape index (κ1) is 21.2. The number of piperazine rings is 1. The van der Waals surface area contributed by atoms with Crippen LogP contribution in [0.25, 0.3) is 17.5 Å². The number of anilines is 1. The van der Waals surface area contributed by atoms with Gasteiger partial charge in [-0.3, -0.25) is 4.79 Å². The van der Waals surface area contributed by atoms with Gasteiger partial charge >= 0.3 is 5.97 Å². The van der Waals surface area contributed by atoms with E-state index in [0.29, 0.717) is 37.6 Å². The van der Waals surface area contributed by atoms with E-state index in [9.17, 15) is 9.59 Å². The zero-order chi connectivity index (χ0) is 22.3. The van der Waals surface area contributed by atoms with Gasteiger partial charge in [0, 0.05) is 44.0 Å². The summed E-state index contributed by atoms with van der Waals surface area (Å²) in [6.07, 6.45) is 5.10. The van der Waals surface area contributed by atoms with E-state index in [2.05, 4.69) is 9.88 Å². The topological polar surface area (TPSA) is 75.6 Å². The van der Waals surface area contributed by atoms with Crippen LogP contribution in [0.2, 0.25) is 0 Å². The van der Waals surface area contributed by atoms with Crippen molar-refractivity contribution in [3.8, 4) is 11.4 Å². The third-order valence-electron chi connectivity index (χ3n) is 5.34. The van der Waals surface area contributed by atoms with Gasteiger partial charge in [-0.2, -0.15) is 0 Å². The average Bonchev–Trinajstić information content (AvgIpc) is 2.88. The number of hydrogen-bond donors (Lipinski definition) is 0. The highest BCUT2D eigenvalue weighted by Crippen LogP contribution is 2.19. The molecule has 0 N–H and O–H groups in total. The number of ether oxygens (including phenoxy) is 1. The van der Waals surface area contributed by atoms with Crippen LogP contribution in [-0.4, -0.2) is 60.0 Å². The fourth-order valence-electron chi connectivity index (χ4n) is 3.53. The molecule has 1 amide bonds. The van der Waals surface area contributed by atoms with Gasteiger partial charge in [-0.25, -0.2) is 14.8 Å². The second kappa shape index (κ2) is 9.87. The van der Waals surface area contributed by atoms with Gasteiger partial charge in [-0.15, -0.1) is 0 Å². The Labute approximate surface area is 187 Å². The fourth-order valence-corrected chi connectivity index (χ4v) is 3.53. The largest absolute Gasteiger partial charge is 0.465 e. The van der Waals surface area contributed by atoms with E-state index in [1.807, 2.05) is 41.3 Å². The molecule has 7 nitrogen and oxygen atoms in total. The maximum atomic E-state index is 12.6. The smallest absolute Gasteiger partial charge is 0.337 e. The van der Waals surface area contributed by atoms with Crippen LogP contribution < -0.4 is 4.90 Å². The lowest BCUT2D eigenvalue weighted by molar-refractivity contribution is -0.126. The molecule has 2 aromatic carbocycles. The van der Waals surface area contributed by atoms with Crippen molar-refractivity contribution in [1.29, 1.82) is 0 Å². The molecule has 32 heavy (non-hydrogen) atoms. The predicted octanol–water partition coefficient (Wildman–Crippen LogP) is 3.29. The molecule has 7 heteroatoms. The Kier molecular flexibility index (Phi) is 6.55. The number of amides is 1. The summed E-state index contributed by atoms with van der Waals surface area (Å²) < 4.78 is 4.69. The van der Waals surface area contributed by atoms with E-state index in [4.69, 9.17) is 9.72 Å². The standard InChI is InChI=1S/C25H24N4O3/c1-32-25(31)21-10-7-19(8-11-21)9-12-23(30)29-17-15-28(16-18-29)22-13-14-26-24(27-22)20-5-3-2-4-6-20/h2-14H,15-18H2,1H3/b12-9+. The minimum Gasteiger partial charge on any atom is -0.465 e. The number of nitrogens with zero attached hydrogens (tertiary/aromatic N) is 4. The summed E-state index contributed by atoms with van der Waals surface area (Å²) in [7, 11) is 1.35. The van der Waals surface area contributed by atoms with Crippen molar-refractivity contribution in [2.45, 2.75) is 0 Å². The molecule has 1 saturated heterocycles. The van der Waals surface area contributed by atoms with E-state index in [1.54, 1.807) is 42.6 Å². The second-order valence-corrected chi connectivity index (χ2v) is 7.36. The van der Waals surface area contributed by atoms with Gasteiger partial charge in [0.2, 0.25) is 5.91 Å². The Hall–Kier alpha value is -4.00. The lowest BCUT2D eigenvalue weighted by atomic mass is 10.1. The van der Waals surface area contributed by atoms with Gasteiger partial charge in [0.25, 0.3) is 0 Å². The Morgan fingerprint density at radius 1 is 0.938 bits per heavy atom. The summed E-state index contributed by atoms with van der Waals surface area (Å²) >= 11 is 0. The maximum absolute atomic E-state index is 12.6. The highest BCUT2D eigenvalue weighted by Gasteiger charge is 2.21. The van der Waals surface area contributed by atoms with Gasteiger partial charge in [0.05, 0.1) is 12.7 Å². The minimum absolute atomic E-state index is 0.0330. The molecule has 0 atom stereocenters. The molecule has 2 heterocycles. The van der Waals surface area contributed by atoms with Crippen LogP contribution in [0.3, 0.4) is 0 Å². The molecule has 0 bridgehead atoms. The van der Waals surface area contributed by atoms with Gasteiger partial charge in [0.15, 0.2) is 5.82 Å². The molecule has 4 rings (SSSR count). The highest BCUT2D eigenvalue weighted by molar-refractivity contribution is 5.92. The van der Waals surface area contributed by atoms with Crippen molar-refractivity contribution < 1.29 is 14.3 Å². The normalized spacial score (nSPS) is 13.9. The quantitative estimate of drug-likeness (QED) is 0.459. The number of aromatic nitrogens is 2. The molecule has 0 radical (unpaired) electrons. The van der Waals surface area contributed by atoms with Crippen LogP contribution in [0.4, 0.5) is 5.82 Å². The first-order valence-electron chi connectivity index (χ1n) is 10.4. The van der Waals surface area contributed by atoms with Crippen molar-refractivity contribution in [3.63, 3.8) is 0 Å². The SMILES string of the molecule is COC(=O)c1ccc(/C=C/C(=O)N2CCN(c3ccnc(-c4ccccc4)n3)CC2)cc1. The molecule has 1 aliphatic heterocycles. The Morgan fingerprint density at radius 3 is 2.34 bits per heavy atom. The number of carbonyl (C=O) groups is 2. The Morgan fingerprint density at radius 2 is 1.66 bits per heavy atom. The van der Waals surface area contributed by atoms with E-state index in [0.717, 1.165) is 16.9 Å². The van der Waals surface area contributed by atoms with Crippen molar-refractivity contribution in [3.05, 3.63) is 84.1 Å². The van der Waals surface area contributed by atoms with E-state index in [-0.39, 0.29) is 11.9 Å². The number of benzene rings is 2. The van der Waals surface area contributed by atoms with Crippen molar-refractivity contribution in [1.82, 2.24) is 14.9 Å². The fraction of sp³-hybridized carbons (Fsp3) is 0.200. The summed E-state index contributed by atoms with van der Waals surface area (Å²) in [5, 5.41) is 0. The number of esters is 1. The Bertz CT molecular complexity index is 1110. The number of carbonyl (C=O) groups excluding carboxylic acids is 2. The summed E-state index contributed by atoms with van der Waals surface area (Å²) in [6.45, 7) is 2.65. The molecule has 0 saturated carbocycles. The van der Waals surface area contributed by atoms with Crippen LogP contribution >= 0.6 is 0 Å². The summed E-state index contributed by atoms with van der Waals surface area (Å²) in [5.41, 5.74) is 2.30. The maximum Gasteiger partial charge on any atom is 0.337 e. The summed E-state index contributed by atoms with van der Waals surface area (Å²) in [4.78, 5) is 37.2. The third-order valence-corrected chi connectivity index (χ3v) is 5.34. The second-order valence-electron chi connectivity index (χ2n) is 7.36. The minimum atomic E-state index is -0.381. The Balaban J connectivity index is 1.34. The molecule has 0 unspecified atom stereocenters. The first-order chi connectivity index (χ1) is 15.6. The monoisotopic (exact) mass is 428 g/mol. The number of methoxy groups -OCH3 is 1. The zero-order valence-corrected chi connectivity index (χ0v) is 17.8. The molecule has 162 valence electrons. The molecule has 1 fully saturated rings. The molecule has 1 aliphatic rings. The first-order valence-corrected chi connectivity index (χ1v) is 10.4. The number of hydrogen-bond acceptors (Lipinski definition) is 6. The van der Waals surface area contributed by atoms with Gasteiger partial charge < -0.3 is 14.5 Å². The van der Waals surface area contributed by atoms with E-state index < -0.39 is 0 Å². The lowest BCUT2D eigenvalue weighted by Crippen LogP contribution is -2.48. The predicted molar refractivity (Wildman–Crippen MR) is 123 cm³/mol. The molecule has 0 aliphatic carbocycles. The van der Waals surface area contributed by atoms with Crippen LogP contribution in [0.5, 0.6) is 0 Å². The lowest BCUT2D eigenvalue weighted by Gasteiger charge is -2.35. The van der Waals surface area contributed by atoms with Gasteiger partial charge in [-0.05, 0) is 29.8 Å². The van der Waals surface area contributed by atoms with Crippen LogP contribution in [-0.2, 0) is 9.53 Å². The van der Waals surface area contributed by atoms with Gasteiger partial charge in [-0.1, -0.05) is 42.5 Å². The molecular formula is C25H24N4O3. The van der Waals surface area contributed by atoms with Crippen LogP contribution in [0, 0.1) is 0 Å². The number of rotatable bonds is 5. The van der Waals surface area contributed by atoms with Crippen LogP contribution in [0.1, 0.15) is 15.9 Å². The van der Waals surface area contributed by atoms with E-state index >= 15 is 0 Å². The average molecular weight is 428 g/mol. The van der Waals surface area contributed by atoms with Crippen molar-refractivity contribution >= 4 is 23.8 Å². The zero-order valence-electron chi connectivity index (χ0n) is 17.8. The van der Waals surface area contributed by atoms with Crippen LogP contribution in [0.15, 0.2) is 72.9 Å². The van der Waals surface area contributed by atoms with Crippen molar-refractivity contribution in [2.75, 3.05) is 38.2 Å². The highest BCUT2D eigenvalue weighted by atomic mass is 16.5. The van der Waals surface area contributed by atoms with Crippen molar-refractivity contribution in [2.24, 2.45) is 0 Å². The van der Waals surface area contributed by atoms with E-state index in [1.165, 1.54) is 7.11 Å². The molecule has 0 spiro atoms. The molecular weight excluding hydrogens is 404 g/mol. The summed E-state index contributed by atoms with van der Waals surface area (Å²) in [5.74, 6) is 1.15. The van der Waals surface area contributed by atoms with Gasteiger partial charge in [0.1, 0.15) is 5.82 Å².